The number of carbonyl (C=O) groups excluding carboxylic acids is 2. The molecular weight excluding hydrogens is 552 g/mol. The van der Waals surface area contributed by atoms with Crippen molar-refractivity contribution in [1.82, 2.24) is 0 Å². The molecule has 0 spiro atoms. The predicted molar refractivity (Wildman–Crippen MR) is 183 cm³/mol. The molecule has 6 heteroatoms. The summed E-state index contributed by atoms with van der Waals surface area (Å²) in [6, 6.07) is 0. The second-order valence-electron chi connectivity index (χ2n) is 11.7. The van der Waals surface area contributed by atoms with Gasteiger partial charge in [-0.3, -0.25) is 9.59 Å². The molecule has 0 aromatic carbocycles. The molecule has 0 bridgehead atoms. The fourth-order valence-electron chi connectivity index (χ4n) is 4.41. The molecular formula is C38H64O6. The minimum absolute atomic E-state index is 0.118. The predicted octanol–water partition coefficient (Wildman–Crippen LogP) is 9.27. The average molecular weight is 617 g/mol. The van der Waals surface area contributed by atoms with E-state index in [1.807, 2.05) is 36.5 Å². The van der Waals surface area contributed by atoms with Crippen molar-refractivity contribution < 1.29 is 29.3 Å². The lowest BCUT2D eigenvalue weighted by Crippen LogP contribution is -2.28. The van der Waals surface area contributed by atoms with Crippen LogP contribution in [0.25, 0.3) is 0 Å². The summed E-state index contributed by atoms with van der Waals surface area (Å²) >= 11 is 0. The van der Waals surface area contributed by atoms with E-state index in [2.05, 4.69) is 39.0 Å². The van der Waals surface area contributed by atoms with Crippen LogP contribution in [0.5, 0.6) is 0 Å². The second-order valence-corrected chi connectivity index (χ2v) is 11.7. The maximum atomic E-state index is 12.1. The van der Waals surface area contributed by atoms with E-state index >= 15 is 0 Å². The van der Waals surface area contributed by atoms with Gasteiger partial charge in [0.25, 0.3) is 0 Å². The molecule has 0 rings (SSSR count). The summed E-state index contributed by atoms with van der Waals surface area (Å²) in [6.07, 6.45) is 35.9. The Morgan fingerprint density at radius 3 is 2.07 bits per heavy atom. The highest BCUT2D eigenvalue weighted by atomic mass is 16.6. The zero-order valence-electron chi connectivity index (χ0n) is 28.2. The summed E-state index contributed by atoms with van der Waals surface area (Å²) in [6.45, 7) is 6.21. The van der Waals surface area contributed by atoms with Crippen molar-refractivity contribution >= 4 is 11.9 Å². The van der Waals surface area contributed by atoms with E-state index in [1.165, 1.54) is 44.9 Å². The van der Waals surface area contributed by atoms with Crippen LogP contribution < -0.4 is 0 Å². The Morgan fingerprint density at radius 1 is 0.727 bits per heavy atom. The van der Waals surface area contributed by atoms with Crippen LogP contribution in [0.4, 0.5) is 0 Å². The summed E-state index contributed by atoms with van der Waals surface area (Å²) in [7, 11) is 0. The van der Waals surface area contributed by atoms with Crippen LogP contribution in [0.2, 0.25) is 0 Å². The van der Waals surface area contributed by atoms with Crippen molar-refractivity contribution in [3.05, 3.63) is 60.8 Å². The molecule has 0 aliphatic carbocycles. The lowest BCUT2D eigenvalue weighted by molar-refractivity contribution is -0.161. The quantitative estimate of drug-likeness (QED) is 0.0377. The number of unbranched alkanes of at least 4 members (excludes halogenated alkanes) is 8. The summed E-state index contributed by atoms with van der Waals surface area (Å²) < 4.78 is 10.5. The summed E-state index contributed by atoms with van der Waals surface area (Å²) in [5.74, 6) is 0.139. The number of ether oxygens (including phenoxy) is 2. The number of hydrogen-bond donors (Lipinski definition) is 2. The largest absolute Gasteiger partial charge is 0.462 e. The van der Waals surface area contributed by atoms with Gasteiger partial charge < -0.3 is 19.7 Å². The number of allylic oxidation sites excluding steroid dienone is 8. The average Bonchev–Trinajstić information content (AvgIpc) is 3.02. The van der Waals surface area contributed by atoms with E-state index in [1.54, 1.807) is 6.08 Å². The molecule has 44 heavy (non-hydrogen) atoms. The Morgan fingerprint density at radius 2 is 1.36 bits per heavy atom. The molecule has 0 aromatic rings. The van der Waals surface area contributed by atoms with Gasteiger partial charge in [-0.15, -0.1) is 0 Å². The van der Waals surface area contributed by atoms with Gasteiger partial charge in [0.05, 0.1) is 12.7 Å². The topological polar surface area (TPSA) is 93.1 Å². The summed E-state index contributed by atoms with van der Waals surface area (Å²) in [5, 5.41) is 19.4. The summed E-state index contributed by atoms with van der Waals surface area (Å²) in [5.41, 5.74) is 0. The molecule has 2 unspecified atom stereocenters. The molecule has 6 nitrogen and oxygen atoms in total. The zero-order chi connectivity index (χ0) is 32.5. The van der Waals surface area contributed by atoms with Crippen molar-refractivity contribution in [3.8, 4) is 0 Å². The van der Waals surface area contributed by atoms with Gasteiger partial charge in [0, 0.05) is 12.8 Å². The van der Waals surface area contributed by atoms with E-state index in [0.29, 0.717) is 19.3 Å². The fraction of sp³-hybridized carbons (Fsp3) is 0.684. The van der Waals surface area contributed by atoms with Crippen LogP contribution in [-0.2, 0) is 19.1 Å². The van der Waals surface area contributed by atoms with E-state index in [4.69, 9.17) is 9.47 Å². The number of aliphatic hydroxyl groups excluding tert-OH is 2. The van der Waals surface area contributed by atoms with Gasteiger partial charge in [-0.05, 0) is 50.9 Å². The summed E-state index contributed by atoms with van der Waals surface area (Å²) in [4.78, 5) is 24.1. The van der Waals surface area contributed by atoms with Gasteiger partial charge in [-0.1, -0.05) is 139 Å². The van der Waals surface area contributed by atoms with Crippen molar-refractivity contribution in [3.63, 3.8) is 0 Å². The Bertz CT molecular complexity index is 825. The monoisotopic (exact) mass is 616 g/mol. The van der Waals surface area contributed by atoms with Crippen molar-refractivity contribution in [1.29, 1.82) is 0 Å². The first-order chi connectivity index (χ1) is 21.4. The molecule has 0 radical (unpaired) electrons. The highest BCUT2D eigenvalue weighted by Crippen LogP contribution is 2.15. The van der Waals surface area contributed by atoms with E-state index in [9.17, 15) is 19.8 Å². The van der Waals surface area contributed by atoms with Gasteiger partial charge in [0.2, 0.25) is 0 Å². The SMILES string of the molecule is CC/C=C\C/C=C\CC(O)/C=C/C=C\C/C=C\CCCC(=O)OC[C@H](CO)OC(=O)CCCCCCCCCCC(C)CC. The zero-order valence-corrected chi connectivity index (χ0v) is 28.2. The molecule has 3 atom stereocenters. The third kappa shape index (κ3) is 29.6. The maximum absolute atomic E-state index is 12.1. The molecule has 0 saturated carbocycles. The number of aliphatic hydroxyl groups is 2. The molecule has 0 amide bonds. The standard InChI is InChI=1S/C38H64O6/c1-4-6-7-8-18-23-28-35(40)29-24-19-14-10-12-15-20-25-30-37(41)43-33-36(32-39)44-38(42)31-26-21-16-11-9-13-17-22-27-34(3)5-2/h6-7,12,14-15,18-19,23-24,29,34-36,39-40H,4-5,8-11,13,16-17,20-22,25-28,30-33H2,1-3H3/b7-6-,15-12-,19-14-,23-18-,29-24+/t34?,35?,36-/m0/s1. The lowest BCUT2D eigenvalue weighted by Gasteiger charge is -2.15. The Labute approximate surface area is 269 Å². The normalized spacial score (nSPS) is 14.4. The van der Waals surface area contributed by atoms with Gasteiger partial charge >= 0.3 is 11.9 Å². The smallest absolute Gasteiger partial charge is 0.306 e. The Kier molecular flexibility index (Phi) is 30.2. The second kappa shape index (κ2) is 32.0. The number of carbonyl (C=O) groups is 2. The van der Waals surface area contributed by atoms with Gasteiger partial charge in [-0.2, -0.15) is 0 Å². The van der Waals surface area contributed by atoms with Crippen LogP contribution in [-0.4, -0.2) is 47.6 Å². The third-order valence-electron chi connectivity index (χ3n) is 7.45. The Balaban J connectivity index is 3.81. The number of rotatable bonds is 29. The number of hydrogen-bond acceptors (Lipinski definition) is 6. The molecule has 252 valence electrons. The van der Waals surface area contributed by atoms with Crippen molar-refractivity contribution in [2.24, 2.45) is 5.92 Å². The number of esters is 2. The van der Waals surface area contributed by atoms with Crippen LogP contribution in [0, 0.1) is 5.92 Å². The highest BCUT2D eigenvalue weighted by Gasteiger charge is 2.16. The van der Waals surface area contributed by atoms with E-state index in [-0.39, 0.29) is 31.6 Å². The molecule has 0 aliphatic rings. The van der Waals surface area contributed by atoms with Crippen LogP contribution in [0.15, 0.2) is 60.8 Å². The highest BCUT2D eigenvalue weighted by molar-refractivity contribution is 5.70. The van der Waals surface area contributed by atoms with Crippen LogP contribution >= 0.6 is 0 Å². The lowest BCUT2D eigenvalue weighted by atomic mass is 9.99. The maximum Gasteiger partial charge on any atom is 0.306 e. The third-order valence-corrected chi connectivity index (χ3v) is 7.45. The van der Waals surface area contributed by atoms with E-state index in [0.717, 1.165) is 50.9 Å². The van der Waals surface area contributed by atoms with Gasteiger partial charge in [0.15, 0.2) is 6.10 Å². The van der Waals surface area contributed by atoms with Crippen LogP contribution in [0.1, 0.15) is 136 Å². The molecule has 0 heterocycles. The van der Waals surface area contributed by atoms with Gasteiger partial charge in [0.1, 0.15) is 6.61 Å². The first kappa shape index (κ1) is 41.6. The van der Waals surface area contributed by atoms with Gasteiger partial charge in [-0.25, -0.2) is 0 Å². The minimum atomic E-state index is -0.812. The first-order valence-corrected chi connectivity index (χ1v) is 17.3. The molecule has 0 aromatic heterocycles. The van der Waals surface area contributed by atoms with Crippen LogP contribution in [0.3, 0.4) is 0 Å². The minimum Gasteiger partial charge on any atom is -0.462 e. The fourth-order valence-corrected chi connectivity index (χ4v) is 4.41. The molecule has 0 aliphatic heterocycles. The van der Waals surface area contributed by atoms with Crippen molar-refractivity contribution in [2.75, 3.05) is 13.2 Å². The molecule has 0 fully saturated rings. The Hall–Kier alpha value is -2.44. The molecule has 0 saturated heterocycles. The first-order valence-electron chi connectivity index (χ1n) is 17.3. The van der Waals surface area contributed by atoms with E-state index < -0.39 is 12.2 Å². The van der Waals surface area contributed by atoms with Crippen molar-refractivity contribution in [2.45, 2.75) is 149 Å². The molecule has 2 N–H and O–H groups in total.